The molecule has 0 radical (unpaired) electrons. The smallest absolute Gasteiger partial charge is 0.282 e. The van der Waals surface area contributed by atoms with Gasteiger partial charge >= 0.3 is 0 Å². The molecule has 1 aliphatic carbocycles. The maximum Gasteiger partial charge on any atom is 0.294 e. The Morgan fingerprint density at radius 1 is 0.926 bits per heavy atom. The second-order valence-electron chi connectivity index (χ2n) is 8.90. The Labute approximate surface area is 162 Å². The van der Waals surface area contributed by atoms with Gasteiger partial charge < -0.3 is 0 Å². The van der Waals surface area contributed by atoms with E-state index >= 15 is 0 Å². The van der Waals surface area contributed by atoms with Crippen LogP contribution in [0.2, 0.25) is 0 Å². The minimum Gasteiger partial charge on any atom is -0.282 e. The summed E-state index contributed by atoms with van der Waals surface area (Å²) in [6, 6.07) is 13.0. The minimum atomic E-state index is -4.16. The molecule has 0 fully saturated rings. The summed E-state index contributed by atoms with van der Waals surface area (Å²) in [5.74, 6) is 0. The Kier molecular flexibility index (Phi) is 4.86. The van der Waals surface area contributed by atoms with Gasteiger partial charge in [-0.2, -0.15) is 8.42 Å². The second-order valence-corrected chi connectivity index (χ2v) is 10.3. The van der Waals surface area contributed by atoms with Gasteiger partial charge in [-0.1, -0.05) is 64.1 Å². The fourth-order valence-electron chi connectivity index (χ4n) is 3.90. The van der Waals surface area contributed by atoms with Crippen LogP contribution in [0.3, 0.4) is 0 Å². The van der Waals surface area contributed by atoms with Gasteiger partial charge in [0.1, 0.15) is 0 Å². The number of hydrogen-bond acceptors (Lipinski definition) is 2. The number of fused-ring (bicyclic) bond motifs is 1. The minimum absolute atomic E-state index is 0.0879. The fraction of sp³-hybridized carbons (Fsp3) is 0.391. The third-order valence-electron chi connectivity index (χ3n) is 5.87. The second kappa shape index (κ2) is 6.61. The van der Waals surface area contributed by atoms with Gasteiger partial charge in [0.05, 0.1) is 4.90 Å². The summed E-state index contributed by atoms with van der Waals surface area (Å²) in [4.78, 5) is -0.0879. The van der Waals surface area contributed by atoms with Crippen LogP contribution in [0.1, 0.15) is 69.7 Å². The molecule has 144 valence electrons. The molecule has 1 N–H and O–H groups in total. The summed E-state index contributed by atoms with van der Waals surface area (Å²) in [6.07, 6.45) is 4.41. The molecule has 27 heavy (non-hydrogen) atoms. The highest BCUT2D eigenvalue weighted by Gasteiger charge is 2.36. The van der Waals surface area contributed by atoms with E-state index in [1.165, 1.54) is 41.7 Å². The van der Waals surface area contributed by atoms with E-state index in [1.807, 2.05) is 6.08 Å². The molecule has 0 saturated carbocycles. The topological polar surface area (TPSA) is 54.4 Å². The van der Waals surface area contributed by atoms with Gasteiger partial charge in [-0.25, -0.2) is 0 Å². The molecule has 0 amide bonds. The van der Waals surface area contributed by atoms with Crippen molar-refractivity contribution < 1.29 is 13.0 Å². The molecule has 0 spiro atoms. The van der Waals surface area contributed by atoms with E-state index in [1.54, 1.807) is 12.1 Å². The first kappa shape index (κ1) is 19.8. The van der Waals surface area contributed by atoms with Gasteiger partial charge in [0.2, 0.25) is 0 Å². The number of allylic oxidation sites excluding steroid dienone is 1. The van der Waals surface area contributed by atoms with Gasteiger partial charge in [-0.05, 0) is 70.6 Å². The Hall–Kier alpha value is -1.91. The maximum absolute atomic E-state index is 11.2. The van der Waals surface area contributed by atoms with Crippen molar-refractivity contribution in [2.24, 2.45) is 0 Å². The van der Waals surface area contributed by atoms with Crippen LogP contribution < -0.4 is 0 Å². The van der Waals surface area contributed by atoms with Crippen molar-refractivity contribution in [2.45, 2.75) is 63.2 Å². The molecule has 3 rings (SSSR count). The van der Waals surface area contributed by atoms with E-state index in [-0.39, 0.29) is 15.7 Å². The van der Waals surface area contributed by atoms with Crippen LogP contribution in [0, 0.1) is 0 Å². The molecule has 4 heteroatoms. The normalized spacial score (nSPS) is 18.8. The van der Waals surface area contributed by atoms with Crippen molar-refractivity contribution in [1.82, 2.24) is 0 Å². The average Bonchev–Trinajstić information content (AvgIpc) is 2.58. The van der Waals surface area contributed by atoms with Crippen LogP contribution in [0.5, 0.6) is 0 Å². The highest BCUT2D eigenvalue weighted by atomic mass is 32.2. The predicted octanol–water partition coefficient (Wildman–Crippen LogP) is 5.84. The molecular formula is C23H28O3S. The van der Waals surface area contributed by atoms with E-state index in [0.29, 0.717) is 0 Å². The summed E-state index contributed by atoms with van der Waals surface area (Å²) in [6.45, 7) is 11.3. The Morgan fingerprint density at radius 2 is 1.48 bits per heavy atom. The standard InChI is InChI=1S/C23H28O3S/c1-16(14-17-6-9-19(10-7-17)27(24,25)26)18-8-11-20-21(15-18)23(4,5)13-12-22(20,2)3/h6-11,14-15H,12-13H2,1-5H3,(H,24,25,26)/b16-14+. The van der Waals surface area contributed by atoms with Crippen LogP contribution in [-0.2, 0) is 20.9 Å². The monoisotopic (exact) mass is 384 g/mol. The zero-order chi connectivity index (χ0) is 20.0. The lowest BCUT2D eigenvalue weighted by Crippen LogP contribution is -2.33. The molecule has 2 aromatic rings. The van der Waals surface area contributed by atoms with E-state index < -0.39 is 10.1 Å². The van der Waals surface area contributed by atoms with E-state index in [4.69, 9.17) is 4.55 Å². The molecular weight excluding hydrogens is 356 g/mol. The van der Waals surface area contributed by atoms with Gasteiger partial charge in [0, 0.05) is 0 Å². The predicted molar refractivity (Wildman–Crippen MR) is 112 cm³/mol. The lowest BCUT2D eigenvalue weighted by molar-refractivity contribution is 0.332. The summed E-state index contributed by atoms with van der Waals surface area (Å²) in [7, 11) is -4.16. The quantitative estimate of drug-likeness (QED) is 0.534. The van der Waals surface area contributed by atoms with Crippen molar-refractivity contribution in [2.75, 3.05) is 0 Å². The molecule has 0 heterocycles. The van der Waals surface area contributed by atoms with Crippen molar-refractivity contribution >= 4 is 21.8 Å². The first-order chi connectivity index (χ1) is 12.4. The molecule has 2 aromatic carbocycles. The number of hydrogen-bond donors (Lipinski definition) is 1. The van der Waals surface area contributed by atoms with Crippen LogP contribution >= 0.6 is 0 Å². The summed E-state index contributed by atoms with van der Waals surface area (Å²) in [5, 5.41) is 0. The number of rotatable bonds is 3. The van der Waals surface area contributed by atoms with Gasteiger partial charge in [0.15, 0.2) is 0 Å². The zero-order valence-corrected chi connectivity index (χ0v) is 17.5. The summed E-state index contributed by atoms with van der Waals surface area (Å²) >= 11 is 0. The summed E-state index contributed by atoms with van der Waals surface area (Å²) < 4.78 is 31.5. The molecule has 1 aliphatic rings. The van der Waals surface area contributed by atoms with E-state index in [2.05, 4.69) is 52.8 Å². The Balaban J connectivity index is 1.98. The SMILES string of the molecule is C/C(=C\c1ccc(S(=O)(=O)O)cc1)c1ccc2c(c1)C(C)(C)CCC2(C)C. The first-order valence-corrected chi connectivity index (χ1v) is 10.8. The zero-order valence-electron chi connectivity index (χ0n) is 16.7. The van der Waals surface area contributed by atoms with Gasteiger partial charge in [-0.3, -0.25) is 4.55 Å². The van der Waals surface area contributed by atoms with Gasteiger partial charge in [-0.15, -0.1) is 0 Å². The molecule has 0 aliphatic heterocycles. The highest BCUT2D eigenvalue weighted by molar-refractivity contribution is 7.85. The van der Waals surface area contributed by atoms with Crippen LogP contribution in [0.25, 0.3) is 11.6 Å². The average molecular weight is 385 g/mol. The third-order valence-corrected chi connectivity index (χ3v) is 6.74. The first-order valence-electron chi connectivity index (χ1n) is 9.31. The Bertz CT molecular complexity index is 994. The van der Waals surface area contributed by atoms with Gasteiger partial charge in [0.25, 0.3) is 10.1 Å². The van der Waals surface area contributed by atoms with E-state index in [0.717, 1.165) is 11.1 Å². The van der Waals surface area contributed by atoms with Crippen molar-refractivity contribution in [1.29, 1.82) is 0 Å². The highest BCUT2D eigenvalue weighted by Crippen LogP contribution is 2.46. The van der Waals surface area contributed by atoms with Crippen LogP contribution in [0.15, 0.2) is 47.4 Å². The molecule has 0 saturated heterocycles. The third kappa shape index (κ3) is 4.02. The lowest BCUT2D eigenvalue weighted by atomic mass is 9.63. The van der Waals surface area contributed by atoms with Crippen LogP contribution in [-0.4, -0.2) is 13.0 Å². The molecule has 0 unspecified atom stereocenters. The van der Waals surface area contributed by atoms with Crippen molar-refractivity contribution in [3.05, 3.63) is 64.7 Å². The lowest BCUT2D eigenvalue weighted by Gasteiger charge is -2.42. The largest absolute Gasteiger partial charge is 0.294 e. The van der Waals surface area contributed by atoms with E-state index in [9.17, 15) is 8.42 Å². The molecule has 0 bridgehead atoms. The van der Waals surface area contributed by atoms with Crippen molar-refractivity contribution in [3.63, 3.8) is 0 Å². The number of benzene rings is 2. The Morgan fingerprint density at radius 3 is 2.04 bits per heavy atom. The maximum atomic E-state index is 11.2. The molecule has 0 aromatic heterocycles. The molecule has 3 nitrogen and oxygen atoms in total. The molecule has 0 atom stereocenters. The van der Waals surface area contributed by atoms with Crippen molar-refractivity contribution in [3.8, 4) is 0 Å². The van der Waals surface area contributed by atoms with Crippen LogP contribution in [0.4, 0.5) is 0 Å². The summed E-state index contributed by atoms with van der Waals surface area (Å²) in [5.41, 5.74) is 6.43. The fourth-order valence-corrected chi connectivity index (χ4v) is 4.38.